The number of rotatable bonds is 6. The number of hydrogen-bond acceptors (Lipinski definition) is 3. The molecule has 3 aliphatic rings. The molecule has 5 rings (SSSR count). The molecule has 2 atom stereocenters. The number of nitrogens with one attached hydrogen (secondary N) is 1. The van der Waals surface area contributed by atoms with E-state index in [9.17, 15) is 9.59 Å². The molecule has 3 fully saturated rings. The van der Waals surface area contributed by atoms with Crippen LogP contribution in [0.4, 0.5) is 0 Å². The fourth-order valence-electron chi connectivity index (χ4n) is 4.25. The molecule has 0 saturated carbocycles. The van der Waals surface area contributed by atoms with Gasteiger partial charge >= 0.3 is 0 Å². The van der Waals surface area contributed by atoms with Gasteiger partial charge < -0.3 is 9.80 Å². The molecule has 2 aromatic rings. The highest BCUT2D eigenvalue weighted by molar-refractivity contribution is 5.83. The van der Waals surface area contributed by atoms with Gasteiger partial charge in [0.1, 0.15) is 0 Å². The van der Waals surface area contributed by atoms with Crippen LogP contribution in [-0.4, -0.2) is 50.9 Å². The molecule has 0 unspecified atom stereocenters. The Balaban J connectivity index is 1.38. The first-order valence-corrected chi connectivity index (χ1v) is 9.80. The van der Waals surface area contributed by atoms with E-state index in [2.05, 4.69) is 22.3 Å². The van der Waals surface area contributed by atoms with E-state index < -0.39 is 0 Å². The van der Waals surface area contributed by atoms with Crippen LogP contribution in [0.5, 0.6) is 0 Å². The topological polar surface area (TPSA) is 69.3 Å². The Morgan fingerprint density at radius 2 is 2.00 bits per heavy atom. The van der Waals surface area contributed by atoms with Crippen molar-refractivity contribution in [3.8, 4) is 0 Å². The van der Waals surface area contributed by atoms with E-state index in [1.54, 1.807) is 6.20 Å². The molecule has 3 aliphatic heterocycles. The lowest BCUT2D eigenvalue weighted by Gasteiger charge is -2.36. The lowest BCUT2D eigenvalue weighted by Crippen LogP contribution is -2.47. The second-order valence-corrected chi connectivity index (χ2v) is 7.64. The van der Waals surface area contributed by atoms with Crippen LogP contribution >= 0.6 is 0 Å². The second kappa shape index (κ2) is 7.94. The van der Waals surface area contributed by atoms with E-state index in [0.29, 0.717) is 26.1 Å². The van der Waals surface area contributed by atoms with Crippen molar-refractivity contribution >= 4 is 11.8 Å². The van der Waals surface area contributed by atoms with Gasteiger partial charge in [0.2, 0.25) is 11.8 Å². The van der Waals surface area contributed by atoms with Crippen LogP contribution in [0.2, 0.25) is 0 Å². The first-order valence-electron chi connectivity index (χ1n) is 9.80. The predicted octanol–water partition coefficient (Wildman–Crippen LogP) is 2.38. The number of piperidine rings is 1. The number of amides is 2. The normalized spacial score (nSPS) is 22.1. The average molecular weight is 366 g/mol. The quantitative estimate of drug-likeness (QED) is 0.853. The molecular formula is C21H26N4O2. The summed E-state index contributed by atoms with van der Waals surface area (Å²) in [6, 6.07) is 10.3. The van der Waals surface area contributed by atoms with Gasteiger partial charge in [0.05, 0.1) is 12.1 Å². The lowest BCUT2D eigenvalue weighted by atomic mass is 9.93. The van der Waals surface area contributed by atoms with Crippen molar-refractivity contribution in [3.05, 3.63) is 53.9 Å². The molecule has 6 heteroatoms. The maximum Gasteiger partial charge on any atom is 0.228 e. The highest BCUT2D eigenvalue weighted by Crippen LogP contribution is 2.30. The zero-order valence-electron chi connectivity index (χ0n) is 15.5. The summed E-state index contributed by atoms with van der Waals surface area (Å²) < 4.78 is 0. The largest absolute Gasteiger partial charge is 0.340 e. The molecule has 27 heavy (non-hydrogen) atoms. The van der Waals surface area contributed by atoms with Crippen molar-refractivity contribution in [2.24, 2.45) is 5.92 Å². The summed E-state index contributed by atoms with van der Waals surface area (Å²) in [6.07, 6.45) is 7.74. The molecule has 6 nitrogen and oxygen atoms in total. The van der Waals surface area contributed by atoms with E-state index in [-0.39, 0.29) is 23.8 Å². The summed E-state index contributed by atoms with van der Waals surface area (Å²) in [5.41, 5.74) is 2.28. The molecule has 1 aromatic carbocycles. The minimum Gasteiger partial charge on any atom is -0.340 e. The Hall–Kier alpha value is -2.63. The predicted molar refractivity (Wildman–Crippen MR) is 102 cm³/mol. The Morgan fingerprint density at radius 1 is 1.15 bits per heavy atom. The van der Waals surface area contributed by atoms with Gasteiger partial charge in [-0.25, -0.2) is 0 Å². The van der Waals surface area contributed by atoms with E-state index in [4.69, 9.17) is 0 Å². The Labute approximate surface area is 159 Å². The Kier molecular flexibility index (Phi) is 5.23. The summed E-state index contributed by atoms with van der Waals surface area (Å²) in [5, 5.41) is 6.74. The summed E-state index contributed by atoms with van der Waals surface area (Å²) in [4.78, 5) is 29.6. The molecule has 1 aromatic heterocycles. The van der Waals surface area contributed by atoms with Crippen LogP contribution < -0.4 is 0 Å². The van der Waals surface area contributed by atoms with E-state index in [1.807, 2.05) is 34.2 Å². The van der Waals surface area contributed by atoms with E-state index in [0.717, 1.165) is 36.8 Å². The van der Waals surface area contributed by atoms with E-state index in [1.165, 1.54) is 0 Å². The van der Waals surface area contributed by atoms with E-state index >= 15 is 0 Å². The number of benzene rings is 1. The second-order valence-electron chi connectivity index (χ2n) is 7.64. The standard InChI is InChI=1S/C21H26N4O2/c26-20(8-4-7-17-11-22-23-12-17)24-14-18-9-10-19(15-24)25(21(18)27)13-16-5-2-1-3-6-16/h1-3,5-6,11-12,18-19H,4,7-10,13-15H2,(H,22,23)/t18-,19+/m0/s1. The third-order valence-corrected chi connectivity index (χ3v) is 5.75. The summed E-state index contributed by atoms with van der Waals surface area (Å²) in [5.74, 6) is 0.332. The van der Waals surface area contributed by atoms with Crippen molar-refractivity contribution in [2.45, 2.75) is 44.7 Å². The SMILES string of the molecule is O=C(CCCc1cn[nH]c1)N1C[C@@H]2CC[C@H](C1)N(Cc1ccccc1)C2=O. The number of aromatic nitrogens is 2. The molecule has 1 N–H and O–H groups in total. The number of carbonyl (C=O) groups is 2. The minimum atomic E-state index is -0.0507. The molecule has 0 spiro atoms. The fraction of sp³-hybridized carbons (Fsp3) is 0.476. The average Bonchev–Trinajstić information content (AvgIpc) is 3.05. The first-order chi connectivity index (χ1) is 13.2. The Morgan fingerprint density at radius 3 is 2.78 bits per heavy atom. The van der Waals surface area contributed by atoms with Crippen molar-refractivity contribution in [3.63, 3.8) is 0 Å². The van der Waals surface area contributed by atoms with Crippen LogP contribution in [0.15, 0.2) is 42.7 Å². The molecular weight excluding hydrogens is 340 g/mol. The van der Waals surface area contributed by atoms with Crippen molar-refractivity contribution < 1.29 is 9.59 Å². The molecule has 0 aliphatic carbocycles. The first kappa shape index (κ1) is 17.8. The zero-order chi connectivity index (χ0) is 18.6. The highest BCUT2D eigenvalue weighted by Gasteiger charge is 2.41. The zero-order valence-corrected chi connectivity index (χ0v) is 15.5. The number of hydrogen-bond donors (Lipinski definition) is 1. The molecule has 142 valence electrons. The summed E-state index contributed by atoms with van der Waals surface area (Å²) in [6.45, 7) is 1.88. The number of fused-ring (bicyclic) bond motifs is 4. The number of nitrogens with zero attached hydrogens (tertiary/aromatic N) is 3. The number of carbonyl (C=O) groups excluding carboxylic acids is 2. The van der Waals surface area contributed by atoms with Crippen molar-refractivity contribution in [1.29, 1.82) is 0 Å². The minimum absolute atomic E-state index is 0.0507. The number of aryl methyl sites for hydroxylation is 1. The third kappa shape index (κ3) is 4.04. The fourth-order valence-corrected chi connectivity index (χ4v) is 4.25. The van der Waals surface area contributed by atoms with Gasteiger partial charge in [-0.05, 0) is 36.8 Å². The van der Waals surface area contributed by atoms with Crippen LogP contribution in [0.25, 0.3) is 0 Å². The maximum atomic E-state index is 12.9. The maximum absolute atomic E-state index is 12.9. The van der Waals surface area contributed by atoms with Gasteiger partial charge in [0, 0.05) is 38.3 Å². The van der Waals surface area contributed by atoms with Crippen LogP contribution in [0, 0.1) is 5.92 Å². The highest BCUT2D eigenvalue weighted by atomic mass is 16.2. The molecule has 2 bridgehead atoms. The summed E-state index contributed by atoms with van der Waals surface area (Å²) >= 11 is 0. The van der Waals surface area contributed by atoms with Crippen LogP contribution in [0.3, 0.4) is 0 Å². The van der Waals surface area contributed by atoms with Crippen molar-refractivity contribution in [2.75, 3.05) is 13.1 Å². The van der Waals surface area contributed by atoms with Gasteiger partial charge in [0.25, 0.3) is 0 Å². The van der Waals surface area contributed by atoms with Crippen molar-refractivity contribution in [1.82, 2.24) is 20.0 Å². The molecule has 3 saturated heterocycles. The monoisotopic (exact) mass is 366 g/mol. The molecule has 4 heterocycles. The summed E-state index contributed by atoms with van der Waals surface area (Å²) in [7, 11) is 0. The van der Waals surface area contributed by atoms with Gasteiger partial charge in [-0.1, -0.05) is 30.3 Å². The van der Waals surface area contributed by atoms with Gasteiger partial charge in [0.15, 0.2) is 0 Å². The van der Waals surface area contributed by atoms with Gasteiger partial charge in [-0.3, -0.25) is 14.7 Å². The van der Waals surface area contributed by atoms with Crippen LogP contribution in [0.1, 0.15) is 36.8 Å². The Bertz CT molecular complexity index is 775. The third-order valence-electron chi connectivity index (χ3n) is 5.75. The van der Waals surface area contributed by atoms with Gasteiger partial charge in [-0.2, -0.15) is 5.10 Å². The molecule has 2 amide bonds. The lowest BCUT2D eigenvalue weighted by molar-refractivity contribution is -0.140. The van der Waals surface area contributed by atoms with Crippen LogP contribution in [-0.2, 0) is 22.6 Å². The molecule has 0 radical (unpaired) electrons. The number of H-pyrrole nitrogens is 1. The van der Waals surface area contributed by atoms with Gasteiger partial charge in [-0.15, -0.1) is 0 Å². The smallest absolute Gasteiger partial charge is 0.228 e. The number of aromatic amines is 1.